The Morgan fingerprint density at radius 2 is 2.05 bits per heavy atom. The number of hydrogen-bond acceptors (Lipinski definition) is 3. The number of nitrogens with one attached hydrogen (secondary N) is 1. The van der Waals surface area contributed by atoms with Crippen LogP contribution in [0, 0.1) is 5.92 Å². The van der Waals surface area contributed by atoms with Crippen molar-refractivity contribution < 1.29 is 19.4 Å². The van der Waals surface area contributed by atoms with Crippen molar-refractivity contribution in [1.29, 1.82) is 0 Å². The predicted octanol–water partition coefficient (Wildman–Crippen LogP) is 2.70. The van der Waals surface area contributed by atoms with E-state index in [4.69, 9.17) is 9.84 Å². The lowest BCUT2D eigenvalue weighted by Crippen LogP contribution is -2.40. The van der Waals surface area contributed by atoms with Gasteiger partial charge >= 0.3 is 5.97 Å². The summed E-state index contributed by atoms with van der Waals surface area (Å²) in [4.78, 5) is 23.2. The highest BCUT2D eigenvalue weighted by atomic mass is 16.5. The van der Waals surface area contributed by atoms with Crippen LogP contribution in [0.25, 0.3) is 0 Å². The molecule has 1 aromatic rings. The summed E-state index contributed by atoms with van der Waals surface area (Å²) >= 11 is 0. The molecule has 5 nitrogen and oxygen atoms in total. The first-order chi connectivity index (χ1) is 9.93. The topological polar surface area (TPSA) is 75.6 Å². The molecule has 1 aromatic carbocycles. The fourth-order valence-electron chi connectivity index (χ4n) is 1.78. The second-order valence-corrected chi connectivity index (χ2v) is 5.39. The maximum absolute atomic E-state index is 12.1. The van der Waals surface area contributed by atoms with Gasteiger partial charge in [0.05, 0.1) is 6.61 Å². The number of benzene rings is 1. The second kappa shape index (κ2) is 8.29. The Bertz CT molecular complexity index is 485. The summed E-state index contributed by atoms with van der Waals surface area (Å²) in [6.45, 7) is 6.53. The molecule has 1 unspecified atom stereocenters. The lowest BCUT2D eigenvalue weighted by atomic mass is 10.1. The monoisotopic (exact) mass is 293 g/mol. The van der Waals surface area contributed by atoms with E-state index in [-0.39, 0.29) is 0 Å². The van der Waals surface area contributed by atoms with E-state index in [0.29, 0.717) is 36.7 Å². The average Bonchev–Trinajstić information content (AvgIpc) is 2.44. The molecule has 1 atom stereocenters. The Morgan fingerprint density at radius 1 is 1.33 bits per heavy atom. The van der Waals surface area contributed by atoms with Gasteiger partial charge in [-0.2, -0.15) is 0 Å². The van der Waals surface area contributed by atoms with Gasteiger partial charge in [0.2, 0.25) is 0 Å². The number of carboxylic acid groups (broad SMARTS) is 1. The number of rotatable bonds is 8. The largest absolute Gasteiger partial charge is 0.493 e. The van der Waals surface area contributed by atoms with Crippen molar-refractivity contribution in [2.45, 2.75) is 39.7 Å². The second-order valence-electron chi connectivity index (χ2n) is 5.39. The van der Waals surface area contributed by atoms with Crippen LogP contribution in [0.15, 0.2) is 24.3 Å². The molecular weight excluding hydrogens is 270 g/mol. The molecule has 0 aliphatic carbocycles. The highest BCUT2D eigenvalue weighted by Crippen LogP contribution is 2.14. The van der Waals surface area contributed by atoms with Crippen molar-refractivity contribution in [3.8, 4) is 5.75 Å². The molecule has 0 saturated carbocycles. The van der Waals surface area contributed by atoms with Crippen molar-refractivity contribution in [2.24, 2.45) is 5.92 Å². The third-order valence-corrected chi connectivity index (χ3v) is 2.86. The molecule has 0 bridgehead atoms. The molecule has 5 heteroatoms. The first kappa shape index (κ1) is 17.0. The van der Waals surface area contributed by atoms with Crippen molar-refractivity contribution in [3.05, 3.63) is 29.8 Å². The zero-order valence-electron chi connectivity index (χ0n) is 12.8. The Balaban J connectivity index is 2.73. The summed E-state index contributed by atoms with van der Waals surface area (Å²) < 4.78 is 5.56. The van der Waals surface area contributed by atoms with Crippen molar-refractivity contribution in [3.63, 3.8) is 0 Å². The van der Waals surface area contributed by atoms with Gasteiger partial charge in [-0.1, -0.05) is 33.3 Å². The Morgan fingerprint density at radius 3 is 2.62 bits per heavy atom. The van der Waals surface area contributed by atoms with Crippen LogP contribution in [0.5, 0.6) is 5.75 Å². The van der Waals surface area contributed by atoms with E-state index in [1.165, 1.54) is 0 Å². The molecule has 0 heterocycles. The zero-order chi connectivity index (χ0) is 15.8. The van der Waals surface area contributed by atoms with Gasteiger partial charge < -0.3 is 15.2 Å². The number of carboxylic acids is 1. The van der Waals surface area contributed by atoms with Crippen LogP contribution in [-0.2, 0) is 4.79 Å². The van der Waals surface area contributed by atoms with Crippen LogP contribution in [0.2, 0.25) is 0 Å². The first-order valence-electron chi connectivity index (χ1n) is 7.20. The Hall–Kier alpha value is -2.04. The lowest BCUT2D eigenvalue weighted by Gasteiger charge is -2.14. The van der Waals surface area contributed by atoms with E-state index in [2.05, 4.69) is 5.32 Å². The summed E-state index contributed by atoms with van der Waals surface area (Å²) in [5.41, 5.74) is 0.401. The maximum Gasteiger partial charge on any atom is 0.326 e. The van der Waals surface area contributed by atoms with Gasteiger partial charge in [0, 0.05) is 5.56 Å². The molecule has 0 spiro atoms. The van der Waals surface area contributed by atoms with Gasteiger partial charge in [-0.15, -0.1) is 0 Å². The van der Waals surface area contributed by atoms with Crippen LogP contribution in [0.4, 0.5) is 0 Å². The fraction of sp³-hybridized carbons (Fsp3) is 0.500. The average molecular weight is 293 g/mol. The molecule has 0 radical (unpaired) electrons. The van der Waals surface area contributed by atoms with Crippen LogP contribution in [0.1, 0.15) is 44.0 Å². The van der Waals surface area contributed by atoms with Crippen LogP contribution in [0.3, 0.4) is 0 Å². The SMILES string of the molecule is CCCC(NC(=O)c1cccc(OCC(C)C)c1)C(=O)O. The van der Waals surface area contributed by atoms with E-state index < -0.39 is 17.9 Å². The molecule has 0 aliphatic heterocycles. The Labute approximate surface area is 125 Å². The molecule has 116 valence electrons. The lowest BCUT2D eigenvalue weighted by molar-refractivity contribution is -0.139. The molecule has 21 heavy (non-hydrogen) atoms. The van der Waals surface area contributed by atoms with Crippen LogP contribution >= 0.6 is 0 Å². The van der Waals surface area contributed by atoms with Gasteiger partial charge in [-0.3, -0.25) is 4.79 Å². The van der Waals surface area contributed by atoms with Gasteiger partial charge in [0.25, 0.3) is 5.91 Å². The minimum absolute atomic E-state index is 0.392. The third-order valence-electron chi connectivity index (χ3n) is 2.86. The smallest absolute Gasteiger partial charge is 0.326 e. The first-order valence-corrected chi connectivity index (χ1v) is 7.20. The summed E-state index contributed by atoms with van der Waals surface area (Å²) in [7, 11) is 0. The summed E-state index contributed by atoms with van der Waals surface area (Å²) in [5, 5.41) is 11.6. The number of carbonyl (C=O) groups excluding carboxylic acids is 1. The van der Waals surface area contributed by atoms with E-state index in [1.807, 2.05) is 20.8 Å². The minimum Gasteiger partial charge on any atom is -0.493 e. The standard InChI is InChI=1S/C16H23NO4/c1-4-6-14(16(19)20)17-15(18)12-7-5-8-13(9-12)21-10-11(2)3/h5,7-9,11,14H,4,6,10H2,1-3H3,(H,17,18)(H,19,20). The number of hydrogen-bond donors (Lipinski definition) is 2. The van der Waals surface area contributed by atoms with Gasteiger partial charge in [0.15, 0.2) is 0 Å². The highest BCUT2D eigenvalue weighted by molar-refractivity contribution is 5.96. The van der Waals surface area contributed by atoms with Crippen LogP contribution < -0.4 is 10.1 Å². The van der Waals surface area contributed by atoms with Crippen molar-refractivity contribution in [1.82, 2.24) is 5.32 Å². The molecule has 1 rings (SSSR count). The number of carbonyl (C=O) groups is 2. The molecule has 0 fully saturated rings. The minimum atomic E-state index is -1.02. The quantitative estimate of drug-likeness (QED) is 0.772. The van der Waals surface area contributed by atoms with Gasteiger partial charge in [0.1, 0.15) is 11.8 Å². The van der Waals surface area contributed by atoms with Gasteiger partial charge in [-0.25, -0.2) is 4.79 Å². The third kappa shape index (κ3) is 5.85. The number of ether oxygens (including phenoxy) is 1. The fourth-order valence-corrected chi connectivity index (χ4v) is 1.78. The zero-order valence-corrected chi connectivity index (χ0v) is 12.8. The van der Waals surface area contributed by atoms with E-state index in [9.17, 15) is 9.59 Å². The summed E-state index contributed by atoms with van der Waals surface area (Å²) in [6, 6.07) is 5.91. The molecular formula is C16H23NO4. The number of aliphatic carboxylic acids is 1. The molecule has 0 saturated heterocycles. The van der Waals surface area contributed by atoms with E-state index in [1.54, 1.807) is 24.3 Å². The summed E-state index contributed by atoms with van der Waals surface area (Å²) in [6.07, 6.45) is 1.10. The normalized spacial score (nSPS) is 12.0. The molecule has 1 amide bonds. The molecule has 0 aliphatic rings. The van der Waals surface area contributed by atoms with E-state index in [0.717, 1.165) is 0 Å². The predicted molar refractivity (Wildman–Crippen MR) is 80.6 cm³/mol. The van der Waals surface area contributed by atoms with E-state index >= 15 is 0 Å². The van der Waals surface area contributed by atoms with Crippen molar-refractivity contribution >= 4 is 11.9 Å². The highest BCUT2D eigenvalue weighted by Gasteiger charge is 2.19. The van der Waals surface area contributed by atoms with Gasteiger partial charge in [-0.05, 0) is 30.5 Å². The molecule has 2 N–H and O–H groups in total. The molecule has 0 aromatic heterocycles. The number of amides is 1. The Kier molecular flexibility index (Phi) is 6.72. The maximum atomic E-state index is 12.1. The van der Waals surface area contributed by atoms with Crippen LogP contribution in [-0.4, -0.2) is 29.6 Å². The summed E-state index contributed by atoms with van der Waals surface area (Å²) in [5.74, 6) is -0.412. The van der Waals surface area contributed by atoms with Crippen molar-refractivity contribution in [2.75, 3.05) is 6.61 Å².